The molecule has 1 aromatic heterocycles. The van der Waals surface area contributed by atoms with Gasteiger partial charge in [0.25, 0.3) is 0 Å². The van der Waals surface area contributed by atoms with Crippen molar-refractivity contribution in [2.45, 2.75) is 54.2 Å². The number of hydrogen-bond donors (Lipinski definition) is 1. The number of nitrogens with one attached hydrogen (secondary N) is 1. The minimum atomic E-state index is -3.66. The highest BCUT2D eigenvalue weighted by Crippen LogP contribution is 2.39. The Morgan fingerprint density at radius 2 is 2.00 bits per heavy atom. The molecule has 3 heterocycles. The number of benzene rings is 1. The second-order valence-electron chi connectivity index (χ2n) is 8.06. The number of piperidine rings is 1. The van der Waals surface area contributed by atoms with Crippen molar-refractivity contribution in [1.82, 2.24) is 9.62 Å². The van der Waals surface area contributed by atoms with Crippen LogP contribution in [0.1, 0.15) is 38.4 Å². The Labute approximate surface area is 192 Å². The Hall–Kier alpha value is -2.30. The van der Waals surface area contributed by atoms with Crippen LogP contribution in [0.5, 0.6) is 0 Å². The van der Waals surface area contributed by atoms with Gasteiger partial charge in [0, 0.05) is 29.7 Å². The van der Waals surface area contributed by atoms with Crippen LogP contribution in [0.4, 0.5) is 5.69 Å². The third-order valence-electron chi connectivity index (χ3n) is 5.61. The highest BCUT2D eigenvalue weighted by molar-refractivity contribution is 8.00. The minimum Gasteiger partial charge on any atom is -0.467 e. The van der Waals surface area contributed by atoms with E-state index >= 15 is 0 Å². The first-order valence-electron chi connectivity index (χ1n) is 10.7. The molecular weight excluding hydrogens is 450 g/mol. The van der Waals surface area contributed by atoms with Crippen LogP contribution >= 0.6 is 11.8 Å². The van der Waals surface area contributed by atoms with Gasteiger partial charge in [0.15, 0.2) is 0 Å². The first-order valence-corrected chi connectivity index (χ1v) is 13.1. The molecule has 2 aliphatic rings. The number of rotatable bonds is 6. The van der Waals surface area contributed by atoms with Crippen molar-refractivity contribution in [3.63, 3.8) is 0 Å². The fourth-order valence-corrected chi connectivity index (χ4v) is 6.58. The van der Waals surface area contributed by atoms with Crippen molar-refractivity contribution in [2.24, 2.45) is 0 Å². The predicted molar refractivity (Wildman–Crippen MR) is 122 cm³/mol. The van der Waals surface area contributed by atoms with E-state index in [2.05, 4.69) is 5.32 Å². The molecule has 2 amide bonds. The minimum absolute atomic E-state index is 0.0157. The molecule has 172 valence electrons. The number of anilines is 1. The van der Waals surface area contributed by atoms with Crippen LogP contribution in [-0.4, -0.2) is 49.4 Å². The number of thioether (sulfide) groups is 1. The van der Waals surface area contributed by atoms with Crippen LogP contribution in [0.2, 0.25) is 0 Å². The van der Waals surface area contributed by atoms with E-state index in [1.165, 1.54) is 27.2 Å². The van der Waals surface area contributed by atoms with Crippen LogP contribution < -0.4 is 10.2 Å². The van der Waals surface area contributed by atoms with Crippen LogP contribution in [0.25, 0.3) is 0 Å². The van der Waals surface area contributed by atoms with Gasteiger partial charge < -0.3 is 14.6 Å². The second-order valence-corrected chi connectivity index (χ2v) is 11.5. The molecule has 8 nitrogen and oxygen atoms in total. The van der Waals surface area contributed by atoms with E-state index in [-0.39, 0.29) is 41.5 Å². The first kappa shape index (κ1) is 22.9. The van der Waals surface area contributed by atoms with Gasteiger partial charge in [-0.1, -0.05) is 13.3 Å². The van der Waals surface area contributed by atoms with E-state index in [9.17, 15) is 18.0 Å². The zero-order valence-corrected chi connectivity index (χ0v) is 19.6. The summed E-state index contributed by atoms with van der Waals surface area (Å²) in [7, 11) is -3.66. The maximum atomic E-state index is 13.2. The summed E-state index contributed by atoms with van der Waals surface area (Å²) in [6.07, 6.45) is 4.51. The van der Waals surface area contributed by atoms with E-state index in [0.29, 0.717) is 24.5 Å². The molecule has 10 heteroatoms. The van der Waals surface area contributed by atoms with Crippen LogP contribution in [0.3, 0.4) is 0 Å². The lowest BCUT2D eigenvalue weighted by molar-refractivity contribution is -0.124. The van der Waals surface area contributed by atoms with Crippen molar-refractivity contribution in [3.05, 3.63) is 42.4 Å². The van der Waals surface area contributed by atoms with Crippen molar-refractivity contribution in [2.75, 3.05) is 24.5 Å². The number of amides is 2. The quantitative estimate of drug-likeness (QED) is 0.687. The molecule has 0 bridgehead atoms. The normalized spacial score (nSPS) is 20.0. The average molecular weight is 478 g/mol. The number of carbonyl (C=O) groups excluding carboxylic acids is 2. The summed E-state index contributed by atoms with van der Waals surface area (Å²) in [4.78, 5) is 27.9. The van der Waals surface area contributed by atoms with Gasteiger partial charge in [0.2, 0.25) is 21.8 Å². The van der Waals surface area contributed by atoms with Gasteiger partial charge in [-0.25, -0.2) is 8.42 Å². The number of sulfonamides is 1. The Bertz CT molecular complexity index is 1080. The summed E-state index contributed by atoms with van der Waals surface area (Å²) in [6.45, 7) is 2.99. The molecule has 2 aliphatic heterocycles. The molecule has 1 aromatic carbocycles. The average Bonchev–Trinajstić information content (AvgIpc) is 3.27. The molecule has 0 unspecified atom stereocenters. The summed E-state index contributed by atoms with van der Waals surface area (Å²) in [5.41, 5.74) is 0.468. The molecule has 1 saturated heterocycles. The van der Waals surface area contributed by atoms with E-state index in [1.807, 2.05) is 6.92 Å². The molecule has 4 rings (SSSR count). The van der Waals surface area contributed by atoms with E-state index in [4.69, 9.17) is 4.42 Å². The summed E-state index contributed by atoms with van der Waals surface area (Å²) in [5.74, 6) is 0.0639. The van der Waals surface area contributed by atoms with Gasteiger partial charge in [-0.05, 0) is 43.2 Å². The number of hydrogen-bond acceptors (Lipinski definition) is 6. The maximum Gasteiger partial charge on any atom is 0.243 e. The number of nitrogens with zero attached hydrogens (tertiary/aromatic N) is 2. The molecule has 0 saturated carbocycles. The fourth-order valence-electron chi connectivity index (χ4n) is 3.94. The lowest BCUT2D eigenvalue weighted by atomic mass is 10.2. The molecule has 1 N–H and O–H groups in total. The molecule has 1 atom stereocenters. The lowest BCUT2D eigenvalue weighted by Crippen LogP contribution is -2.41. The summed E-state index contributed by atoms with van der Waals surface area (Å²) >= 11 is 1.52. The SMILES string of the molecule is C[C@H]1CC(=O)N(CC(=O)NCc2ccco2)c2cc(S(=O)(=O)N3CCCCC3)ccc2S1. The molecule has 32 heavy (non-hydrogen) atoms. The summed E-state index contributed by atoms with van der Waals surface area (Å²) in [5, 5.41) is 2.77. The first-order chi connectivity index (χ1) is 15.3. The fraction of sp³-hybridized carbons (Fsp3) is 0.455. The molecule has 0 aliphatic carbocycles. The topological polar surface area (TPSA) is 99.9 Å². The van der Waals surface area contributed by atoms with Gasteiger partial charge in [-0.2, -0.15) is 4.31 Å². The number of furan rings is 1. The Kier molecular flexibility index (Phi) is 6.92. The molecule has 0 spiro atoms. The molecular formula is C22H27N3O5S2. The monoisotopic (exact) mass is 477 g/mol. The number of fused-ring (bicyclic) bond motifs is 1. The van der Waals surface area contributed by atoms with Gasteiger partial charge >= 0.3 is 0 Å². The van der Waals surface area contributed by atoms with Crippen molar-refractivity contribution >= 4 is 39.3 Å². The van der Waals surface area contributed by atoms with Crippen molar-refractivity contribution in [1.29, 1.82) is 0 Å². The zero-order valence-electron chi connectivity index (χ0n) is 18.0. The Morgan fingerprint density at radius 1 is 1.22 bits per heavy atom. The molecule has 2 aromatic rings. The van der Waals surface area contributed by atoms with E-state index < -0.39 is 10.0 Å². The zero-order chi connectivity index (χ0) is 22.7. The highest BCUT2D eigenvalue weighted by atomic mass is 32.2. The van der Waals surface area contributed by atoms with Gasteiger partial charge in [0.05, 0.1) is 23.4 Å². The lowest BCUT2D eigenvalue weighted by Gasteiger charge is -2.27. The summed E-state index contributed by atoms with van der Waals surface area (Å²) in [6, 6.07) is 8.39. The van der Waals surface area contributed by atoms with Crippen LogP contribution in [0.15, 0.2) is 50.8 Å². The van der Waals surface area contributed by atoms with E-state index in [0.717, 1.165) is 24.2 Å². The second kappa shape index (κ2) is 9.68. The van der Waals surface area contributed by atoms with Crippen LogP contribution in [-0.2, 0) is 26.2 Å². The molecule has 1 fully saturated rings. The number of carbonyl (C=O) groups is 2. The highest BCUT2D eigenvalue weighted by Gasteiger charge is 2.31. The van der Waals surface area contributed by atoms with Gasteiger partial charge in [0.1, 0.15) is 12.3 Å². The summed E-state index contributed by atoms with van der Waals surface area (Å²) < 4.78 is 33.1. The third kappa shape index (κ3) is 5.02. The Morgan fingerprint density at radius 3 is 2.72 bits per heavy atom. The van der Waals surface area contributed by atoms with Crippen molar-refractivity contribution in [3.8, 4) is 0 Å². The van der Waals surface area contributed by atoms with Gasteiger partial charge in [-0.15, -0.1) is 11.8 Å². The van der Waals surface area contributed by atoms with Crippen molar-refractivity contribution < 1.29 is 22.4 Å². The standard InChI is InChI=1S/C22H27N3O5S2/c1-16-12-22(27)25(15-21(26)23-14-17-6-5-11-30-17)19-13-18(7-8-20(19)31-16)32(28,29)24-9-3-2-4-10-24/h5-8,11,13,16H,2-4,9-10,12,14-15H2,1H3,(H,23,26)/t16-/m0/s1. The third-order valence-corrected chi connectivity index (χ3v) is 8.67. The van der Waals surface area contributed by atoms with E-state index in [1.54, 1.807) is 30.3 Å². The largest absolute Gasteiger partial charge is 0.467 e. The Balaban J connectivity index is 1.60. The molecule has 0 radical (unpaired) electrons. The van der Waals surface area contributed by atoms with Crippen LogP contribution in [0, 0.1) is 0 Å². The van der Waals surface area contributed by atoms with Gasteiger partial charge in [-0.3, -0.25) is 9.59 Å². The predicted octanol–water partition coefficient (Wildman–Crippen LogP) is 2.99. The smallest absolute Gasteiger partial charge is 0.243 e. The maximum absolute atomic E-state index is 13.2.